The van der Waals surface area contributed by atoms with Gasteiger partial charge in [0, 0.05) is 11.8 Å². The Balaban J connectivity index is 1.71. The zero-order chi connectivity index (χ0) is 22.4. The Morgan fingerprint density at radius 1 is 1.06 bits per heavy atom. The number of benzene rings is 2. The number of rotatable bonds is 7. The van der Waals surface area contributed by atoms with Crippen LogP contribution < -0.4 is 9.73 Å². The minimum absolute atomic E-state index is 0.168. The van der Waals surface area contributed by atoms with E-state index in [-0.39, 0.29) is 12.5 Å². The lowest BCUT2D eigenvalue weighted by molar-refractivity contribution is 0.0955. The molecule has 31 heavy (non-hydrogen) atoms. The maximum Gasteiger partial charge on any atom is 0.271 e. The first-order valence-electron chi connectivity index (χ1n) is 9.62. The molecule has 0 spiro atoms. The minimum atomic E-state index is -3.48. The topological polar surface area (TPSA) is 91.7 Å². The summed E-state index contributed by atoms with van der Waals surface area (Å²) in [5.74, 6) is -0.368. The number of sulfonamides is 1. The molecule has 2 aromatic carbocycles. The number of nitrogens with zero attached hydrogens (tertiary/aromatic N) is 3. The van der Waals surface area contributed by atoms with Crippen LogP contribution in [0.5, 0.6) is 0 Å². The average molecular weight is 437 g/mol. The molecule has 1 aromatic heterocycles. The summed E-state index contributed by atoms with van der Waals surface area (Å²) in [7, 11) is -3.48. The van der Waals surface area contributed by atoms with Crippen molar-refractivity contribution >= 4 is 27.8 Å². The molecule has 1 N–H and O–H groups in total. The number of anilines is 1. The molecule has 0 saturated carbocycles. The predicted octanol–water partition coefficient (Wildman–Crippen LogP) is 3.43. The standard InChI is InChI=1S/C23H24N4O3S/c1-17-7-12-22(14-18(17)2)27(31(3,29)30)16-19-8-10-20(11-9-19)23(28)26-25-15-21-6-4-5-13-24-21/h4-15H,16H2,1-3H3,(H,26,28)/b25-15-. The van der Waals surface area contributed by atoms with Crippen molar-refractivity contribution in [3.05, 3.63) is 94.8 Å². The largest absolute Gasteiger partial charge is 0.271 e. The van der Waals surface area contributed by atoms with Gasteiger partial charge in [0.2, 0.25) is 10.0 Å². The summed E-state index contributed by atoms with van der Waals surface area (Å²) in [5.41, 5.74) is 6.98. The summed E-state index contributed by atoms with van der Waals surface area (Å²) in [5, 5.41) is 3.90. The van der Waals surface area contributed by atoms with Crippen molar-refractivity contribution in [3.8, 4) is 0 Å². The molecule has 3 rings (SSSR count). The highest BCUT2D eigenvalue weighted by Gasteiger charge is 2.18. The maximum absolute atomic E-state index is 12.4. The van der Waals surface area contributed by atoms with E-state index in [1.54, 1.807) is 48.7 Å². The Labute approximate surface area is 182 Å². The van der Waals surface area contributed by atoms with Crippen LogP contribution in [0.3, 0.4) is 0 Å². The summed E-state index contributed by atoms with van der Waals surface area (Å²) >= 11 is 0. The van der Waals surface area contributed by atoms with Gasteiger partial charge in [-0.15, -0.1) is 0 Å². The summed E-state index contributed by atoms with van der Waals surface area (Å²) in [6.07, 6.45) is 4.28. The zero-order valence-electron chi connectivity index (χ0n) is 17.6. The van der Waals surface area contributed by atoms with Crippen LogP contribution in [0.25, 0.3) is 0 Å². The first-order chi connectivity index (χ1) is 14.7. The van der Waals surface area contributed by atoms with Crippen molar-refractivity contribution in [3.63, 3.8) is 0 Å². The number of carbonyl (C=O) groups is 1. The second-order valence-electron chi connectivity index (χ2n) is 7.19. The van der Waals surface area contributed by atoms with Gasteiger partial charge in [-0.1, -0.05) is 24.3 Å². The van der Waals surface area contributed by atoms with Crippen LogP contribution in [0.4, 0.5) is 5.69 Å². The first-order valence-corrected chi connectivity index (χ1v) is 11.5. The Morgan fingerprint density at radius 2 is 1.81 bits per heavy atom. The molecule has 7 nitrogen and oxygen atoms in total. The normalized spacial score (nSPS) is 11.5. The van der Waals surface area contributed by atoms with E-state index in [0.717, 1.165) is 16.7 Å². The first kappa shape index (κ1) is 22.2. The number of hydrogen-bond acceptors (Lipinski definition) is 5. The minimum Gasteiger partial charge on any atom is -0.267 e. The summed E-state index contributed by atoms with van der Waals surface area (Å²) in [6.45, 7) is 4.10. The van der Waals surface area contributed by atoms with Crippen molar-refractivity contribution in [2.24, 2.45) is 5.10 Å². The molecule has 160 valence electrons. The molecule has 1 amide bonds. The van der Waals surface area contributed by atoms with E-state index in [1.165, 1.54) is 16.8 Å². The van der Waals surface area contributed by atoms with Crippen LogP contribution in [0, 0.1) is 13.8 Å². The van der Waals surface area contributed by atoms with Gasteiger partial charge in [-0.3, -0.25) is 14.1 Å². The number of nitrogens with one attached hydrogen (secondary N) is 1. The number of amides is 1. The SMILES string of the molecule is Cc1ccc(N(Cc2ccc(C(=O)N/N=C\c3ccccn3)cc2)S(C)(=O)=O)cc1C. The van der Waals surface area contributed by atoms with E-state index in [2.05, 4.69) is 15.5 Å². The number of aromatic nitrogens is 1. The van der Waals surface area contributed by atoms with Gasteiger partial charge in [0.1, 0.15) is 0 Å². The van der Waals surface area contributed by atoms with Crippen molar-refractivity contribution in [1.82, 2.24) is 10.4 Å². The number of hydrazone groups is 1. The Bertz CT molecular complexity index is 1190. The van der Waals surface area contributed by atoms with E-state index in [9.17, 15) is 13.2 Å². The van der Waals surface area contributed by atoms with Gasteiger partial charge in [-0.25, -0.2) is 13.8 Å². The molecule has 0 aliphatic carbocycles. The molecule has 8 heteroatoms. The highest BCUT2D eigenvalue weighted by atomic mass is 32.2. The third-order valence-electron chi connectivity index (χ3n) is 4.77. The van der Waals surface area contributed by atoms with Gasteiger partial charge in [0.25, 0.3) is 5.91 Å². The van der Waals surface area contributed by atoms with Crippen molar-refractivity contribution in [1.29, 1.82) is 0 Å². The van der Waals surface area contributed by atoms with E-state index in [0.29, 0.717) is 16.9 Å². The molecule has 0 bridgehead atoms. The summed E-state index contributed by atoms with van der Waals surface area (Å²) < 4.78 is 26.1. The van der Waals surface area contributed by atoms with E-state index in [4.69, 9.17) is 0 Å². The van der Waals surface area contributed by atoms with Crippen molar-refractivity contribution in [2.75, 3.05) is 10.6 Å². The quantitative estimate of drug-likeness (QED) is 0.454. The molecule has 0 radical (unpaired) electrons. The maximum atomic E-state index is 12.4. The molecular weight excluding hydrogens is 412 g/mol. The van der Waals surface area contributed by atoms with E-state index < -0.39 is 10.0 Å². The molecule has 0 fully saturated rings. The van der Waals surface area contributed by atoms with Crippen LogP contribution in [0.2, 0.25) is 0 Å². The Morgan fingerprint density at radius 3 is 2.42 bits per heavy atom. The summed E-state index contributed by atoms with van der Waals surface area (Å²) in [6, 6.07) is 17.7. The number of hydrogen-bond donors (Lipinski definition) is 1. The molecule has 0 atom stereocenters. The van der Waals surface area contributed by atoms with E-state index >= 15 is 0 Å². The smallest absolute Gasteiger partial charge is 0.267 e. The molecular formula is C23H24N4O3S. The third kappa shape index (κ3) is 5.99. The highest BCUT2D eigenvalue weighted by Crippen LogP contribution is 2.23. The number of pyridine rings is 1. The Kier molecular flexibility index (Phi) is 6.81. The molecule has 0 aliphatic rings. The fourth-order valence-electron chi connectivity index (χ4n) is 2.88. The molecule has 3 aromatic rings. The van der Waals surface area contributed by atoms with Crippen LogP contribution >= 0.6 is 0 Å². The van der Waals surface area contributed by atoms with Gasteiger partial charge >= 0.3 is 0 Å². The van der Waals surface area contributed by atoms with Crippen LogP contribution in [0.15, 0.2) is 72.0 Å². The van der Waals surface area contributed by atoms with Crippen LogP contribution in [-0.4, -0.2) is 31.8 Å². The second kappa shape index (κ2) is 9.53. The van der Waals surface area contributed by atoms with Crippen molar-refractivity contribution < 1.29 is 13.2 Å². The highest BCUT2D eigenvalue weighted by molar-refractivity contribution is 7.92. The van der Waals surface area contributed by atoms with Gasteiger partial charge in [0.15, 0.2) is 0 Å². The lowest BCUT2D eigenvalue weighted by Gasteiger charge is -2.23. The lowest BCUT2D eigenvalue weighted by Crippen LogP contribution is -2.29. The molecule has 0 unspecified atom stereocenters. The lowest BCUT2D eigenvalue weighted by atomic mass is 10.1. The van der Waals surface area contributed by atoms with Crippen molar-refractivity contribution in [2.45, 2.75) is 20.4 Å². The molecule has 1 heterocycles. The zero-order valence-corrected chi connectivity index (χ0v) is 18.4. The van der Waals surface area contributed by atoms with E-state index in [1.807, 2.05) is 32.0 Å². The monoisotopic (exact) mass is 436 g/mol. The van der Waals surface area contributed by atoms with Crippen LogP contribution in [0.1, 0.15) is 32.7 Å². The fraction of sp³-hybridized carbons (Fsp3) is 0.174. The Hall–Kier alpha value is -3.52. The number of aryl methyl sites for hydroxylation is 2. The van der Waals surface area contributed by atoms with Gasteiger partial charge in [0.05, 0.1) is 30.4 Å². The molecule has 0 saturated heterocycles. The van der Waals surface area contributed by atoms with Gasteiger partial charge < -0.3 is 0 Å². The van der Waals surface area contributed by atoms with Gasteiger partial charge in [-0.05, 0) is 66.9 Å². The number of carbonyl (C=O) groups excluding carboxylic acids is 1. The summed E-state index contributed by atoms with van der Waals surface area (Å²) in [4.78, 5) is 16.4. The third-order valence-corrected chi connectivity index (χ3v) is 5.91. The van der Waals surface area contributed by atoms with Crippen LogP contribution in [-0.2, 0) is 16.6 Å². The average Bonchev–Trinajstić information content (AvgIpc) is 2.74. The second-order valence-corrected chi connectivity index (χ2v) is 9.10. The van der Waals surface area contributed by atoms with Gasteiger partial charge in [-0.2, -0.15) is 5.10 Å². The predicted molar refractivity (Wildman–Crippen MR) is 123 cm³/mol. The fourth-order valence-corrected chi connectivity index (χ4v) is 3.76. The molecule has 0 aliphatic heterocycles.